The molecular formula is C12H20N3OS+. The first kappa shape index (κ1) is 13.7. The summed E-state index contributed by atoms with van der Waals surface area (Å²) in [5.41, 5.74) is 0.874. The van der Waals surface area contributed by atoms with Crippen molar-refractivity contribution in [3.05, 3.63) is 24.3 Å². The van der Waals surface area contributed by atoms with Crippen LogP contribution in [0.4, 0.5) is 5.69 Å². The van der Waals surface area contributed by atoms with Gasteiger partial charge >= 0.3 is 0 Å². The van der Waals surface area contributed by atoms with E-state index >= 15 is 0 Å². The maximum atomic E-state index is 9.14. The van der Waals surface area contributed by atoms with Crippen molar-refractivity contribution in [1.82, 2.24) is 5.32 Å². The summed E-state index contributed by atoms with van der Waals surface area (Å²) in [5.74, 6) is 0.253. The first-order chi connectivity index (χ1) is 8.08. The largest absolute Gasteiger partial charge is 0.508 e. The Labute approximate surface area is 108 Å². The minimum absolute atomic E-state index is 0.253. The zero-order valence-electron chi connectivity index (χ0n) is 10.3. The number of rotatable bonds is 5. The Bertz CT molecular complexity index is 351. The molecule has 0 heterocycles. The highest BCUT2D eigenvalue weighted by Gasteiger charge is 1.98. The molecule has 0 spiro atoms. The second-order valence-corrected chi connectivity index (χ2v) is 4.65. The maximum absolute atomic E-state index is 9.14. The highest BCUT2D eigenvalue weighted by Crippen LogP contribution is 2.13. The Hall–Kier alpha value is -1.33. The molecule has 0 atom stereocenters. The molecule has 0 aliphatic rings. The molecule has 1 aromatic carbocycles. The Kier molecular flexibility index (Phi) is 5.72. The van der Waals surface area contributed by atoms with E-state index in [4.69, 9.17) is 17.3 Å². The van der Waals surface area contributed by atoms with Crippen LogP contribution in [-0.2, 0) is 0 Å². The van der Waals surface area contributed by atoms with E-state index in [1.165, 1.54) is 4.90 Å². The van der Waals surface area contributed by atoms with E-state index < -0.39 is 0 Å². The molecule has 0 saturated carbocycles. The van der Waals surface area contributed by atoms with Crippen LogP contribution >= 0.6 is 12.2 Å². The van der Waals surface area contributed by atoms with Gasteiger partial charge in [-0.2, -0.15) is 0 Å². The van der Waals surface area contributed by atoms with Gasteiger partial charge in [0.25, 0.3) is 0 Å². The first-order valence-corrected chi connectivity index (χ1v) is 6.11. The highest BCUT2D eigenvalue weighted by atomic mass is 32.1. The van der Waals surface area contributed by atoms with Crippen molar-refractivity contribution in [2.45, 2.75) is 6.42 Å². The lowest BCUT2D eigenvalue weighted by Crippen LogP contribution is -3.05. The number of quaternary nitrogens is 1. The smallest absolute Gasteiger partial charge is 0.170 e. The number of anilines is 1. The summed E-state index contributed by atoms with van der Waals surface area (Å²) >= 11 is 5.16. The Morgan fingerprint density at radius 3 is 2.53 bits per heavy atom. The van der Waals surface area contributed by atoms with Crippen LogP contribution in [-0.4, -0.2) is 37.4 Å². The fourth-order valence-electron chi connectivity index (χ4n) is 1.36. The van der Waals surface area contributed by atoms with Crippen molar-refractivity contribution in [3.8, 4) is 5.75 Å². The zero-order chi connectivity index (χ0) is 12.7. The molecule has 1 aromatic rings. The molecule has 0 radical (unpaired) electrons. The van der Waals surface area contributed by atoms with Gasteiger partial charge in [0.05, 0.1) is 20.6 Å². The fraction of sp³-hybridized carbons (Fsp3) is 0.417. The van der Waals surface area contributed by atoms with Crippen LogP contribution in [0.15, 0.2) is 24.3 Å². The third kappa shape index (κ3) is 6.09. The molecule has 5 heteroatoms. The molecule has 0 aromatic heterocycles. The van der Waals surface area contributed by atoms with E-state index in [-0.39, 0.29) is 5.75 Å². The van der Waals surface area contributed by atoms with Crippen LogP contribution in [0.5, 0.6) is 5.75 Å². The van der Waals surface area contributed by atoms with Crippen LogP contribution in [0.3, 0.4) is 0 Å². The summed E-state index contributed by atoms with van der Waals surface area (Å²) in [6.07, 6.45) is 1.08. The lowest BCUT2D eigenvalue weighted by atomic mass is 10.3. The minimum Gasteiger partial charge on any atom is -0.508 e. The van der Waals surface area contributed by atoms with Gasteiger partial charge in [-0.1, -0.05) is 0 Å². The number of hydrogen-bond donors (Lipinski definition) is 4. The fourth-order valence-corrected chi connectivity index (χ4v) is 1.58. The molecule has 0 unspecified atom stereocenters. The second kappa shape index (κ2) is 7.09. The molecule has 0 fully saturated rings. The molecule has 0 bridgehead atoms. The Morgan fingerprint density at radius 2 is 1.94 bits per heavy atom. The molecular weight excluding hydrogens is 234 g/mol. The molecule has 0 aliphatic carbocycles. The van der Waals surface area contributed by atoms with Gasteiger partial charge in [0, 0.05) is 18.7 Å². The van der Waals surface area contributed by atoms with Gasteiger partial charge in [0.2, 0.25) is 0 Å². The second-order valence-electron chi connectivity index (χ2n) is 4.24. The predicted octanol–water partition coefficient (Wildman–Crippen LogP) is 0.213. The SMILES string of the molecule is C[NH+](C)CCCNC(=S)Nc1ccc(O)cc1. The van der Waals surface area contributed by atoms with Crippen LogP contribution in [0.25, 0.3) is 0 Å². The van der Waals surface area contributed by atoms with Crippen LogP contribution in [0.1, 0.15) is 6.42 Å². The summed E-state index contributed by atoms with van der Waals surface area (Å²) < 4.78 is 0. The summed E-state index contributed by atoms with van der Waals surface area (Å²) in [5, 5.41) is 16.0. The average molecular weight is 254 g/mol. The number of nitrogens with one attached hydrogen (secondary N) is 3. The Morgan fingerprint density at radius 1 is 1.29 bits per heavy atom. The summed E-state index contributed by atoms with van der Waals surface area (Å²) in [4.78, 5) is 1.43. The van der Waals surface area contributed by atoms with E-state index in [0.717, 1.165) is 25.2 Å². The monoisotopic (exact) mass is 254 g/mol. The lowest BCUT2D eigenvalue weighted by molar-refractivity contribution is -0.858. The number of aromatic hydroxyl groups is 1. The van der Waals surface area contributed by atoms with Gasteiger partial charge in [-0.3, -0.25) is 0 Å². The third-order valence-electron chi connectivity index (χ3n) is 2.26. The van der Waals surface area contributed by atoms with Gasteiger partial charge in [-0.05, 0) is 36.5 Å². The molecule has 0 saturated heterocycles. The topological polar surface area (TPSA) is 48.7 Å². The number of benzene rings is 1. The Balaban J connectivity index is 2.23. The lowest BCUT2D eigenvalue weighted by Gasteiger charge is -2.11. The maximum Gasteiger partial charge on any atom is 0.170 e. The van der Waals surface area contributed by atoms with E-state index in [0.29, 0.717) is 5.11 Å². The van der Waals surface area contributed by atoms with Crippen LogP contribution < -0.4 is 15.5 Å². The molecule has 0 aliphatic heterocycles. The van der Waals surface area contributed by atoms with E-state index in [1.54, 1.807) is 24.3 Å². The molecule has 94 valence electrons. The number of thiocarbonyl (C=S) groups is 1. The quantitative estimate of drug-likeness (QED) is 0.345. The molecule has 0 amide bonds. The summed E-state index contributed by atoms with van der Waals surface area (Å²) in [6, 6.07) is 6.82. The van der Waals surface area contributed by atoms with Crippen molar-refractivity contribution in [1.29, 1.82) is 0 Å². The number of hydrogen-bond acceptors (Lipinski definition) is 2. The van der Waals surface area contributed by atoms with Crippen molar-refractivity contribution in [2.75, 3.05) is 32.5 Å². The van der Waals surface area contributed by atoms with Gasteiger partial charge < -0.3 is 20.6 Å². The van der Waals surface area contributed by atoms with E-state index in [2.05, 4.69) is 24.7 Å². The summed E-state index contributed by atoms with van der Waals surface area (Å²) in [6.45, 7) is 1.99. The van der Waals surface area contributed by atoms with Crippen molar-refractivity contribution in [3.63, 3.8) is 0 Å². The zero-order valence-corrected chi connectivity index (χ0v) is 11.1. The molecule has 4 nitrogen and oxygen atoms in total. The van der Waals surface area contributed by atoms with Gasteiger partial charge in [0.1, 0.15) is 5.75 Å². The standard InChI is InChI=1S/C12H19N3OS/c1-15(2)9-3-8-13-12(17)14-10-4-6-11(16)7-5-10/h4-7,16H,3,8-9H2,1-2H3,(H2,13,14,17)/p+1. The van der Waals surface area contributed by atoms with Gasteiger partial charge in [0.15, 0.2) is 5.11 Å². The normalized spacial score (nSPS) is 10.3. The average Bonchev–Trinajstić information content (AvgIpc) is 2.27. The van der Waals surface area contributed by atoms with Crippen molar-refractivity contribution in [2.24, 2.45) is 0 Å². The van der Waals surface area contributed by atoms with Gasteiger partial charge in [-0.15, -0.1) is 0 Å². The molecule has 17 heavy (non-hydrogen) atoms. The van der Waals surface area contributed by atoms with Crippen molar-refractivity contribution < 1.29 is 10.0 Å². The molecule has 4 N–H and O–H groups in total. The van der Waals surface area contributed by atoms with Crippen LogP contribution in [0, 0.1) is 0 Å². The summed E-state index contributed by atoms with van der Waals surface area (Å²) in [7, 11) is 4.26. The van der Waals surface area contributed by atoms with Crippen LogP contribution in [0.2, 0.25) is 0 Å². The first-order valence-electron chi connectivity index (χ1n) is 5.71. The van der Waals surface area contributed by atoms with E-state index in [9.17, 15) is 0 Å². The third-order valence-corrected chi connectivity index (χ3v) is 2.51. The minimum atomic E-state index is 0.253. The van der Waals surface area contributed by atoms with Crippen molar-refractivity contribution >= 4 is 23.0 Å². The van der Waals surface area contributed by atoms with Gasteiger partial charge in [-0.25, -0.2) is 0 Å². The number of phenols is 1. The molecule has 1 rings (SSSR count). The predicted molar refractivity (Wildman–Crippen MR) is 74.6 cm³/mol. The number of phenolic OH excluding ortho intramolecular Hbond substituents is 1. The van der Waals surface area contributed by atoms with E-state index in [1.807, 2.05) is 0 Å². The highest BCUT2D eigenvalue weighted by molar-refractivity contribution is 7.80.